The van der Waals surface area contributed by atoms with Crippen molar-refractivity contribution in [3.05, 3.63) is 17.3 Å². The second-order valence-corrected chi connectivity index (χ2v) is 6.53. The van der Waals surface area contributed by atoms with Crippen molar-refractivity contribution in [1.29, 1.82) is 0 Å². The van der Waals surface area contributed by atoms with Gasteiger partial charge in [-0.15, -0.1) is 0 Å². The number of aromatic nitrogens is 1. The number of oxazole rings is 1. The molecule has 0 spiro atoms. The van der Waals surface area contributed by atoms with Crippen LogP contribution >= 0.6 is 0 Å². The summed E-state index contributed by atoms with van der Waals surface area (Å²) in [5.74, 6) is -3.22. The van der Waals surface area contributed by atoms with E-state index in [4.69, 9.17) is 9.52 Å². The molecule has 1 aromatic heterocycles. The highest BCUT2D eigenvalue weighted by atomic mass is 32.2. The van der Waals surface area contributed by atoms with E-state index in [1.54, 1.807) is 0 Å². The second-order valence-electron chi connectivity index (χ2n) is 4.22. The van der Waals surface area contributed by atoms with Crippen LogP contribution in [0.5, 0.6) is 0 Å². The summed E-state index contributed by atoms with van der Waals surface area (Å²) >= 11 is 0. The van der Waals surface area contributed by atoms with Gasteiger partial charge in [0.25, 0.3) is 6.43 Å². The maximum atomic E-state index is 12.6. The number of rotatable bonds is 3. The summed E-state index contributed by atoms with van der Waals surface area (Å²) in [6, 6.07) is 0. The molecule has 0 amide bonds. The highest BCUT2D eigenvalue weighted by Crippen LogP contribution is 2.35. The first kappa shape index (κ1) is 13.9. The van der Waals surface area contributed by atoms with Crippen molar-refractivity contribution >= 4 is 15.8 Å². The van der Waals surface area contributed by atoms with Gasteiger partial charge >= 0.3 is 5.97 Å². The molecule has 1 fully saturated rings. The molecule has 0 bridgehead atoms. The molecule has 1 N–H and O–H groups in total. The first-order valence-electron chi connectivity index (χ1n) is 5.56. The Morgan fingerprint density at radius 3 is 2.58 bits per heavy atom. The lowest BCUT2D eigenvalue weighted by Crippen LogP contribution is -2.21. The van der Waals surface area contributed by atoms with Crippen molar-refractivity contribution < 1.29 is 31.5 Å². The molecular formula is C10H11F2NO5S. The Morgan fingerprint density at radius 1 is 1.42 bits per heavy atom. The molecule has 1 atom stereocenters. The number of hydrogen-bond donors (Lipinski definition) is 1. The maximum absolute atomic E-state index is 12.6. The van der Waals surface area contributed by atoms with Gasteiger partial charge < -0.3 is 9.52 Å². The van der Waals surface area contributed by atoms with E-state index in [1.807, 2.05) is 0 Å². The zero-order valence-corrected chi connectivity index (χ0v) is 10.5. The third-order valence-electron chi connectivity index (χ3n) is 2.92. The number of carboxylic acid groups (broad SMARTS) is 1. The summed E-state index contributed by atoms with van der Waals surface area (Å²) in [6.07, 6.45) is -1.84. The molecule has 0 aromatic carbocycles. The highest BCUT2D eigenvalue weighted by Gasteiger charge is 2.37. The van der Waals surface area contributed by atoms with Crippen LogP contribution in [0.1, 0.15) is 53.1 Å². The van der Waals surface area contributed by atoms with Crippen molar-refractivity contribution in [1.82, 2.24) is 4.98 Å². The van der Waals surface area contributed by atoms with Gasteiger partial charge in [0.1, 0.15) is 5.25 Å². The molecule has 106 valence electrons. The van der Waals surface area contributed by atoms with Gasteiger partial charge in [-0.05, 0) is 12.8 Å². The molecule has 0 radical (unpaired) electrons. The predicted octanol–water partition coefficient (Wildman–Crippen LogP) is 1.95. The second kappa shape index (κ2) is 4.87. The molecular weight excluding hydrogens is 284 g/mol. The lowest BCUT2D eigenvalue weighted by Gasteiger charge is -2.18. The molecule has 6 nitrogen and oxygen atoms in total. The molecule has 2 rings (SSSR count). The minimum atomic E-state index is -3.53. The van der Waals surface area contributed by atoms with E-state index in [0.717, 1.165) is 0 Å². The largest absolute Gasteiger partial charge is 0.475 e. The standard InChI is InChI=1S/C10H11F2NO5S/c11-8(12)6-7(10(14)15)18-9(13-6)5-3-1-2-4-19(5,16)17/h5,8H,1-4H2,(H,14,15). The van der Waals surface area contributed by atoms with Gasteiger partial charge in [-0.2, -0.15) is 0 Å². The van der Waals surface area contributed by atoms with Gasteiger partial charge in [-0.3, -0.25) is 0 Å². The summed E-state index contributed by atoms with van der Waals surface area (Å²) in [5, 5.41) is 7.61. The van der Waals surface area contributed by atoms with Crippen molar-refractivity contribution in [2.75, 3.05) is 5.75 Å². The molecule has 19 heavy (non-hydrogen) atoms. The Kier molecular flexibility index (Phi) is 3.57. The van der Waals surface area contributed by atoms with Crippen molar-refractivity contribution in [2.45, 2.75) is 30.9 Å². The Labute approximate surface area is 107 Å². The smallest absolute Gasteiger partial charge is 0.374 e. The SMILES string of the molecule is O=C(O)c1oc(C2CCCCS2(=O)=O)nc1C(F)F. The van der Waals surface area contributed by atoms with Crippen LogP contribution in [-0.2, 0) is 9.84 Å². The highest BCUT2D eigenvalue weighted by molar-refractivity contribution is 7.91. The Balaban J connectivity index is 2.46. The van der Waals surface area contributed by atoms with Crippen LogP contribution in [0, 0.1) is 0 Å². The summed E-state index contributed by atoms with van der Waals surface area (Å²) in [6.45, 7) is 0. The van der Waals surface area contributed by atoms with E-state index in [-0.39, 0.29) is 12.2 Å². The molecule has 9 heteroatoms. The van der Waals surface area contributed by atoms with Crippen LogP contribution in [0.4, 0.5) is 8.78 Å². The average molecular weight is 295 g/mol. The summed E-state index contributed by atoms with van der Waals surface area (Å²) < 4.78 is 53.6. The van der Waals surface area contributed by atoms with Crippen molar-refractivity contribution in [2.24, 2.45) is 0 Å². The van der Waals surface area contributed by atoms with E-state index in [1.165, 1.54) is 0 Å². The van der Waals surface area contributed by atoms with Gasteiger partial charge in [0, 0.05) is 0 Å². The fourth-order valence-electron chi connectivity index (χ4n) is 2.02. The number of halogens is 2. The van der Waals surface area contributed by atoms with Gasteiger partial charge in [0.15, 0.2) is 15.5 Å². The molecule has 1 aromatic rings. The molecule has 1 aliphatic heterocycles. The lowest BCUT2D eigenvalue weighted by molar-refractivity contribution is 0.0644. The number of carbonyl (C=O) groups is 1. The number of aromatic carboxylic acids is 1. The fourth-order valence-corrected chi connectivity index (χ4v) is 3.84. The Morgan fingerprint density at radius 2 is 2.11 bits per heavy atom. The molecule has 0 saturated carbocycles. The first-order chi connectivity index (χ1) is 8.83. The van der Waals surface area contributed by atoms with Crippen LogP contribution in [0.2, 0.25) is 0 Å². The van der Waals surface area contributed by atoms with Crippen LogP contribution in [-0.4, -0.2) is 30.2 Å². The van der Waals surface area contributed by atoms with E-state index in [9.17, 15) is 22.0 Å². The monoisotopic (exact) mass is 295 g/mol. The summed E-state index contributed by atoms with van der Waals surface area (Å²) in [4.78, 5) is 14.1. The molecule has 1 aliphatic rings. The van der Waals surface area contributed by atoms with Crippen LogP contribution in [0.3, 0.4) is 0 Å². The zero-order chi connectivity index (χ0) is 14.2. The van der Waals surface area contributed by atoms with Gasteiger partial charge in [0.2, 0.25) is 11.7 Å². The van der Waals surface area contributed by atoms with E-state index in [0.29, 0.717) is 12.8 Å². The average Bonchev–Trinajstić information content (AvgIpc) is 2.73. The molecule has 1 unspecified atom stereocenters. The maximum Gasteiger partial charge on any atom is 0.374 e. The number of sulfone groups is 1. The Hall–Kier alpha value is -1.51. The minimum Gasteiger partial charge on any atom is -0.475 e. The van der Waals surface area contributed by atoms with Gasteiger partial charge in [-0.25, -0.2) is 27.0 Å². The number of alkyl halides is 2. The van der Waals surface area contributed by atoms with E-state index >= 15 is 0 Å². The van der Waals surface area contributed by atoms with Crippen molar-refractivity contribution in [3.63, 3.8) is 0 Å². The quantitative estimate of drug-likeness (QED) is 0.915. The van der Waals surface area contributed by atoms with Crippen LogP contribution in [0.15, 0.2) is 4.42 Å². The van der Waals surface area contributed by atoms with Crippen molar-refractivity contribution in [3.8, 4) is 0 Å². The summed E-state index contributed by atoms with van der Waals surface area (Å²) in [7, 11) is -3.53. The zero-order valence-electron chi connectivity index (χ0n) is 9.67. The number of carboxylic acids is 1. The van der Waals surface area contributed by atoms with E-state index < -0.39 is 44.8 Å². The van der Waals surface area contributed by atoms with Crippen LogP contribution < -0.4 is 0 Å². The lowest BCUT2D eigenvalue weighted by atomic mass is 10.2. The Bertz CT molecular complexity index is 595. The fraction of sp³-hybridized carbons (Fsp3) is 0.600. The number of hydrogen-bond acceptors (Lipinski definition) is 5. The topological polar surface area (TPSA) is 97.5 Å². The normalized spacial score (nSPS) is 22.6. The first-order valence-corrected chi connectivity index (χ1v) is 7.28. The third kappa shape index (κ3) is 2.60. The van der Waals surface area contributed by atoms with Gasteiger partial charge in [-0.1, -0.05) is 6.42 Å². The number of nitrogens with zero attached hydrogens (tertiary/aromatic N) is 1. The molecule has 1 saturated heterocycles. The van der Waals surface area contributed by atoms with Gasteiger partial charge in [0.05, 0.1) is 5.75 Å². The predicted molar refractivity (Wildman–Crippen MR) is 58.8 cm³/mol. The summed E-state index contributed by atoms with van der Waals surface area (Å²) in [5.41, 5.74) is -1.02. The van der Waals surface area contributed by atoms with E-state index in [2.05, 4.69) is 4.98 Å². The minimum absolute atomic E-state index is 0.0769. The third-order valence-corrected chi connectivity index (χ3v) is 5.09. The molecule has 0 aliphatic carbocycles. The van der Waals surface area contributed by atoms with Crippen LogP contribution in [0.25, 0.3) is 0 Å². The molecule has 2 heterocycles.